The Hall–Kier alpha value is -1.51. The Bertz CT molecular complexity index is 543. The lowest BCUT2D eigenvalue weighted by atomic mass is 10.2. The number of carboxylic acid groups (broad SMARTS) is 1. The summed E-state index contributed by atoms with van der Waals surface area (Å²) < 4.78 is 27.8. The van der Waals surface area contributed by atoms with Crippen LogP contribution in [-0.4, -0.2) is 31.0 Å². The van der Waals surface area contributed by atoms with E-state index in [1.807, 2.05) is 13.8 Å². The van der Waals surface area contributed by atoms with Crippen LogP contribution < -0.4 is 9.44 Å². The molecule has 1 rings (SSSR count). The molecule has 3 N–H and O–H groups in total. The van der Waals surface area contributed by atoms with Gasteiger partial charge < -0.3 is 5.11 Å². The molecule has 0 amide bonds. The molecule has 0 fully saturated rings. The molecule has 7 nitrogen and oxygen atoms in total. The zero-order valence-electron chi connectivity index (χ0n) is 10.8. The van der Waals surface area contributed by atoms with Crippen LogP contribution >= 0.6 is 0 Å². The molecule has 0 aromatic carbocycles. The predicted molar refractivity (Wildman–Crippen MR) is 69.8 cm³/mol. The summed E-state index contributed by atoms with van der Waals surface area (Å²) in [6.07, 6.45) is 1.33. The van der Waals surface area contributed by atoms with Gasteiger partial charge in [-0.15, -0.1) is 0 Å². The van der Waals surface area contributed by atoms with Gasteiger partial charge >= 0.3 is 5.97 Å². The van der Waals surface area contributed by atoms with Crippen molar-refractivity contribution in [1.29, 1.82) is 0 Å². The summed E-state index contributed by atoms with van der Waals surface area (Å²) in [4.78, 5) is 14.7. The van der Waals surface area contributed by atoms with Gasteiger partial charge in [-0.2, -0.15) is 13.1 Å². The van der Waals surface area contributed by atoms with E-state index in [-0.39, 0.29) is 18.0 Å². The average Bonchev–Trinajstić information content (AvgIpc) is 2.35. The van der Waals surface area contributed by atoms with Crippen molar-refractivity contribution in [3.63, 3.8) is 0 Å². The minimum Gasteiger partial charge on any atom is -0.478 e. The van der Waals surface area contributed by atoms with Gasteiger partial charge in [0.1, 0.15) is 0 Å². The molecule has 0 saturated carbocycles. The fourth-order valence-corrected chi connectivity index (χ4v) is 2.20. The molecule has 106 valence electrons. The van der Waals surface area contributed by atoms with Gasteiger partial charge in [-0.05, 0) is 18.1 Å². The number of pyridine rings is 1. The fraction of sp³-hybridized carbons (Fsp3) is 0.455. The summed E-state index contributed by atoms with van der Waals surface area (Å²) in [5, 5.41) is 8.80. The van der Waals surface area contributed by atoms with E-state index in [1.54, 1.807) is 0 Å². The van der Waals surface area contributed by atoms with E-state index in [0.29, 0.717) is 12.2 Å². The van der Waals surface area contributed by atoms with Crippen molar-refractivity contribution < 1.29 is 18.3 Å². The Morgan fingerprint density at radius 3 is 2.68 bits per heavy atom. The quantitative estimate of drug-likeness (QED) is 0.671. The van der Waals surface area contributed by atoms with Crippen molar-refractivity contribution >= 4 is 16.2 Å². The maximum Gasteiger partial charge on any atom is 0.335 e. The van der Waals surface area contributed by atoms with Crippen molar-refractivity contribution in [2.75, 3.05) is 6.54 Å². The molecule has 0 aliphatic carbocycles. The van der Waals surface area contributed by atoms with E-state index >= 15 is 0 Å². The lowest BCUT2D eigenvalue weighted by molar-refractivity contribution is 0.0696. The Kier molecular flexibility index (Phi) is 5.40. The van der Waals surface area contributed by atoms with Gasteiger partial charge in [-0.1, -0.05) is 13.8 Å². The van der Waals surface area contributed by atoms with E-state index < -0.39 is 16.2 Å². The maximum absolute atomic E-state index is 11.6. The van der Waals surface area contributed by atoms with E-state index in [9.17, 15) is 13.2 Å². The number of carboxylic acids is 1. The normalized spacial score (nSPS) is 11.7. The predicted octanol–water partition coefficient (Wildman–Crippen LogP) is 0.360. The fourth-order valence-electron chi connectivity index (χ4n) is 1.20. The van der Waals surface area contributed by atoms with Crippen molar-refractivity contribution in [2.24, 2.45) is 5.92 Å². The van der Waals surface area contributed by atoms with Crippen LogP contribution in [0.2, 0.25) is 0 Å². The second kappa shape index (κ2) is 6.60. The standard InChI is InChI=1S/C11H17N3O4S/c1-8(2)6-13-19(17,18)14-7-10-5-9(11(15)16)3-4-12-10/h3-5,8,13-14H,6-7H2,1-2H3,(H,15,16). The molecule has 19 heavy (non-hydrogen) atoms. The molecule has 1 heterocycles. The average molecular weight is 287 g/mol. The van der Waals surface area contributed by atoms with Crippen molar-refractivity contribution in [2.45, 2.75) is 20.4 Å². The Labute approximate surface area is 112 Å². The first-order valence-electron chi connectivity index (χ1n) is 5.72. The molecule has 0 spiro atoms. The SMILES string of the molecule is CC(C)CNS(=O)(=O)NCc1cc(C(=O)O)ccn1. The molecule has 0 aliphatic heterocycles. The largest absolute Gasteiger partial charge is 0.478 e. The first-order valence-corrected chi connectivity index (χ1v) is 7.21. The van der Waals surface area contributed by atoms with E-state index in [0.717, 1.165) is 0 Å². The summed E-state index contributed by atoms with van der Waals surface area (Å²) in [6.45, 7) is 4.05. The van der Waals surface area contributed by atoms with Gasteiger partial charge in [0.05, 0.1) is 17.8 Å². The van der Waals surface area contributed by atoms with Crippen molar-refractivity contribution in [1.82, 2.24) is 14.4 Å². The zero-order valence-corrected chi connectivity index (χ0v) is 11.6. The van der Waals surface area contributed by atoms with E-state index in [4.69, 9.17) is 5.11 Å². The van der Waals surface area contributed by atoms with Crippen LogP contribution in [0, 0.1) is 5.92 Å². The zero-order chi connectivity index (χ0) is 14.5. The topological polar surface area (TPSA) is 108 Å². The highest BCUT2D eigenvalue weighted by Crippen LogP contribution is 2.02. The highest BCUT2D eigenvalue weighted by atomic mass is 32.2. The van der Waals surface area contributed by atoms with Crippen LogP contribution in [0.1, 0.15) is 29.9 Å². The van der Waals surface area contributed by atoms with Crippen molar-refractivity contribution in [3.05, 3.63) is 29.6 Å². The lowest BCUT2D eigenvalue weighted by Gasteiger charge is -2.09. The number of aromatic nitrogens is 1. The molecular weight excluding hydrogens is 270 g/mol. The second-order valence-electron chi connectivity index (χ2n) is 4.41. The summed E-state index contributed by atoms with van der Waals surface area (Å²) in [5.74, 6) is -0.880. The van der Waals surface area contributed by atoms with Crippen LogP contribution in [0.4, 0.5) is 0 Å². The molecule has 0 bridgehead atoms. The lowest BCUT2D eigenvalue weighted by Crippen LogP contribution is -2.38. The third kappa shape index (κ3) is 5.77. The van der Waals surface area contributed by atoms with E-state index in [1.165, 1.54) is 18.3 Å². The molecule has 1 aromatic rings. The minimum absolute atomic E-state index is 0.0610. The van der Waals surface area contributed by atoms with Crippen LogP contribution in [0.25, 0.3) is 0 Å². The van der Waals surface area contributed by atoms with Gasteiger partial charge in [0.25, 0.3) is 10.2 Å². The van der Waals surface area contributed by atoms with Crippen LogP contribution in [0.15, 0.2) is 18.3 Å². The maximum atomic E-state index is 11.6. The monoisotopic (exact) mass is 287 g/mol. The number of carbonyl (C=O) groups is 1. The van der Waals surface area contributed by atoms with Gasteiger partial charge in [0.15, 0.2) is 0 Å². The molecule has 1 aromatic heterocycles. The first-order chi connectivity index (χ1) is 8.80. The molecule has 0 unspecified atom stereocenters. The highest BCUT2D eigenvalue weighted by Gasteiger charge is 2.11. The molecular formula is C11H17N3O4S. The summed E-state index contributed by atoms with van der Waals surface area (Å²) >= 11 is 0. The molecule has 0 atom stereocenters. The number of aromatic carboxylic acids is 1. The van der Waals surface area contributed by atoms with E-state index in [2.05, 4.69) is 14.4 Å². The Morgan fingerprint density at radius 1 is 1.42 bits per heavy atom. The smallest absolute Gasteiger partial charge is 0.335 e. The third-order valence-corrected chi connectivity index (χ3v) is 3.26. The molecule has 0 radical (unpaired) electrons. The van der Waals surface area contributed by atoms with Crippen molar-refractivity contribution in [3.8, 4) is 0 Å². The summed E-state index contributed by atoms with van der Waals surface area (Å²) in [5.41, 5.74) is 0.411. The number of rotatable bonds is 7. The Balaban J connectivity index is 2.61. The highest BCUT2D eigenvalue weighted by molar-refractivity contribution is 7.87. The van der Waals surface area contributed by atoms with Gasteiger partial charge in [0.2, 0.25) is 0 Å². The van der Waals surface area contributed by atoms with Gasteiger partial charge in [-0.3, -0.25) is 4.98 Å². The van der Waals surface area contributed by atoms with Crippen LogP contribution in [0.5, 0.6) is 0 Å². The molecule has 0 saturated heterocycles. The number of hydrogen-bond donors (Lipinski definition) is 3. The summed E-state index contributed by atoms with van der Waals surface area (Å²) in [7, 11) is -3.60. The van der Waals surface area contributed by atoms with Crippen LogP contribution in [-0.2, 0) is 16.8 Å². The molecule has 0 aliphatic rings. The number of hydrogen-bond acceptors (Lipinski definition) is 4. The summed E-state index contributed by atoms with van der Waals surface area (Å²) in [6, 6.07) is 2.67. The number of nitrogens with zero attached hydrogens (tertiary/aromatic N) is 1. The second-order valence-corrected chi connectivity index (χ2v) is 5.99. The molecule has 8 heteroatoms. The first kappa shape index (κ1) is 15.5. The number of nitrogens with one attached hydrogen (secondary N) is 2. The third-order valence-electron chi connectivity index (χ3n) is 2.19. The van der Waals surface area contributed by atoms with Gasteiger partial charge in [0, 0.05) is 12.7 Å². The van der Waals surface area contributed by atoms with Gasteiger partial charge in [-0.25, -0.2) is 9.52 Å². The Morgan fingerprint density at radius 2 is 2.11 bits per heavy atom. The minimum atomic E-state index is -3.60. The van der Waals surface area contributed by atoms with Crippen LogP contribution in [0.3, 0.4) is 0 Å².